The molecule has 0 radical (unpaired) electrons. The molecule has 1 aromatic carbocycles. The van der Waals surface area contributed by atoms with Crippen molar-refractivity contribution in [3.63, 3.8) is 0 Å². The van der Waals surface area contributed by atoms with E-state index in [-0.39, 0.29) is 11.9 Å². The zero-order valence-corrected chi connectivity index (χ0v) is 15.3. The number of para-hydroxylation sites is 2. The van der Waals surface area contributed by atoms with Crippen molar-refractivity contribution in [3.8, 4) is 0 Å². The van der Waals surface area contributed by atoms with Crippen LogP contribution in [0.2, 0.25) is 0 Å². The number of morpholine rings is 1. The Balaban J connectivity index is 1.41. The summed E-state index contributed by atoms with van der Waals surface area (Å²) < 4.78 is 7.29. The largest absolute Gasteiger partial charge is 0.378 e. The molecule has 7 nitrogen and oxygen atoms in total. The first kappa shape index (κ1) is 17.5. The third kappa shape index (κ3) is 3.78. The Labute approximate surface area is 158 Å². The van der Waals surface area contributed by atoms with Crippen molar-refractivity contribution in [3.05, 3.63) is 54.5 Å². The Morgan fingerprint density at radius 2 is 2.04 bits per heavy atom. The van der Waals surface area contributed by atoms with E-state index in [1.807, 2.05) is 47.9 Å². The topological polar surface area (TPSA) is 72.3 Å². The lowest BCUT2D eigenvalue weighted by atomic mass is 10.2. The molecule has 140 valence electrons. The van der Waals surface area contributed by atoms with Crippen molar-refractivity contribution >= 4 is 22.8 Å². The van der Waals surface area contributed by atoms with E-state index in [0.29, 0.717) is 6.54 Å². The number of pyridine rings is 1. The van der Waals surface area contributed by atoms with Crippen molar-refractivity contribution in [2.75, 3.05) is 31.2 Å². The first-order valence-corrected chi connectivity index (χ1v) is 9.19. The highest BCUT2D eigenvalue weighted by molar-refractivity contribution is 5.83. The molecule has 2 aromatic heterocycles. The molecule has 1 amide bonds. The van der Waals surface area contributed by atoms with Crippen LogP contribution in [0.3, 0.4) is 0 Å². The minimum Gasteiger partial charge on any atom is -0.378 e. The summed E-state index contributed by atoms with van der Waals surface area (Å²) in [6, 6.07) is 11.4. The van der Waals surface area contributed by atoms with E-state index in [1.165, 1.54) is 0 Å². The number of aromatic nitrogens is 3. The minimum atomic E-state index is -0.335. The van der Waals surface area contributed by atoms with Gasteiger partial charge >= 0.3 is 0 Å². The summed E-state index contributed by atoms with van der Waals surface area (Å²) in [5, 5.41) is 3.02. The Morgan fingerprint density at radius 3 is 2.89 bits per heavy atom. The van der Waals surface area contributed by atoms with Gasteiger partial charge in [0.15, 0.2) is 0 Å². The molecule has 0 bridgehead atoms. The van der Waals surface area contributed by atoms with Gasteiger partial charge < -0.3 is 19.5 Å². The third-order valence-electron chi connectivity index (χ3n) is 4.89. The highest BCUT2D eigenvalue weighted by Gasteiger charge is 2.17. The molecule has 1 fully saturated rings. The van der Waals surface area contributed by atoms with Gasteiger partial charge in [-0.25, -0.2) is 9.97 Å². The summed E-state index contributed by atoms with van der Waals surface area (Å²) >= 11 is 0. The molecule has 3 heterocycles. The number of imidazole rings is 1. The van der Waals surface area contributed by atoms with Gasteiger partial charge in [-0.05, 0) is 36.8 Å². The normalized spacial score (nSPS) is 15.7. The van der Waals surface area contributed by atoms with Gasteiger partial charge in [0.25, 0.3) is 0 Å². The molecule has 4 rings (SSSR count). The second kappa shape index (κ2) is 7.75. The quantitative estimate of drug-likeness (QED) is 0.750. The highest BCUT2D eigenvalue weighted by atomic mass is 16.5. The number of amides is 1. The van der Waals surface area contributed by atoms with Crippen LogP contribution < -0.4 is 10.2 Å². The average Bonchev–Trinajstić information content (AvgIpc) is 3.16. The second-order valence-corrected chi connectivity index (χ2v) is 6.66. The predicted octanol–water partition coefficient (Wildman–Crippen LogP) is 2.15. The van der Waals surface area contributed by atoms with E-state index < -0.39 is 0 Å². The molecule has 0 aliphatic carbocycles. The number of rotatable bonds is 5. The molecule has 1 aliphatic heterocycles. The minimum absolute atomic E-state index is 0.0390. The van der Waals surface area contributed by atoms with Gasteiger partial charge in [0.05, 0.1) is 30.6 Å². The molecule has 27 heavy (non-hydrogen) atoms. The van der Waals surface area contributed by atoms with Crippen LogP contribution in [0.1, 0.15) is 18.5 Å². The van der Waals surface area contributed by atoms with Gasteiger partial charge in [-0.2, -0.15) is 0 Å². The van der Waals surface area contributed by atoms with Crippen molar-refractivity contribution in [1.82, 2.24) is 19.9 Å². The lowest BCUT2D eigenvalue weighted by Gasteiger charge is -2.28. The number of fused-ring (bicyclic) bond motifs is 1. The lowest BCUT2D eigenvalue weighted by Crippen LogP contribution is -2.36. The maximum Gasteiger partial charge on any atom is 0.243 e. The fraction of sp³-hybridized carbons (Fsp3) is 0.350. The molecular weight excluding hydrogens is 342 g/mol. The monoisotopic (exact) mass is 365 g/mol. The lowest BCUT2D eigenvalue weighted by molar-refractivity contribution is -0.123. The Bertz CT molecular complexity index is 933. The number of ether oxygens (including phenoxy) is 1. The van der Waals surface area contributed by atoms with Crippen LogP contribution in [0.25, 0.3) is 11.0 Å². The molecule has 1 unspecified atom stereocenters. The van der Waals surface area contributed by atoms with Gasteiger partial charge in [-0.1, -0.05) is 12.1 Å². The molecule has 0 saturated carbocycles. The molecule has 1 atom stereocenters. The van der Waals surface area contributed by atoms with Gasteiger partial charge in [-0.3, -0.25) is 4.79 Å². The molecule has 1 saturated heterocycles. The zero-order chi connectivity index (χ0) is 18.6. The Hall–Kier alpha value is -2.93. The molecule has 7 heteroatoms. The number of nitrogens with zero attached hydrogens (tertiary/aromatic N) is 4. The molecule has 1 aliphatic rings. The smallest absolute Gasteiger partial charge is 0.243 e. The number of carbonyl (C=O) groups is 1. The van der Waals surface area contributed by atoms with Crippen LogP contribution in [0.15, 0.2) is 48.9 Å². The summed E-state index contributed by atoms with van der Waals surface area (Å²) in [4.78, 5) is 23.7. The van der Waals surface area contributed by atoms with Crippen LogP contribution >= 0.6 is 0 Å². The molecule has 3 aromatic rings. The van der Waals surface area contributed by atoms with E-state index in [9.17, 15) is 4.79 Å². The molecule has 1 N–H and O–H groups in total. The first-order valence-electron chi connectivity index (χ1n) is 9.19. The van der Waals surface area contributed by atoms with E-state index >= 15 is 0 Å². The zero-order valence-electron chi connectivity index (χ0n) is 15.3. The van der Waals surface area contributed by atoms with Gasteiger partial charge in [0.1, 0.15) is 11.9 Å². The molecular formula is C20H23N5O2. The summed E-state index contributed by atoms with van der Waals surface area (Å²) in [6.07, 6.45) is 3.51. The predicted molar refractivity (Wildman–Crippen MR) is 104 cm³/mol. The van der Waals surface area contributed by atoms with Gasteiger partial charge in [0.2, 0.25) is 5.91 Å². The van der Waals surface area contributed by atoms with E-state index in [0.717, 1.165) is 48.7 Å². The maximum atomic E-state index is 12.6. The maximum absolute atomic E-state index is 12.6. The van der Waals surface area contributed by atoms with Crippen LogP contribution in [-0.4, -0.2) is 46.7 Å². The second-order valence-electron chi connectivity index (χ2n) is 6.66. The van der Waals surface area contributed by atoms with Crippen molar-refractivity contribution in [2.45, 2.75) is 19.5 Å². The summed E-state index contributed by atoms with van der Waals surface area (Å²) in [5.74, 6) is 0.890. The summed E-state index contributed by atoms with van der Waals surface area (Å²) in [5.41, 5.74) is 2.88. The fourth-order valence-corrected chi connectivity index (χ4v) is 3.29. The first-order chi connectivity index (χ1) is 13.2. The molecule has 0 spiro atoms. The van der Waals surface area contributed by atoms with Gasteiger partial charge in [-0.15, -0.1) is 0 Å². The number of hydrogen-bond acceptors (Lipinski definition) is 5. The Morgan fingerprint density at radius 1 is 1.22 bits per heavy atom. The van der Waals surface area contributed by atoms with Crippen LogP contribution in [-0.2, 0) is 16.1 Å². The van der Waals surface area contributed by atoms with E-state index in [4.69, 9.17) is 4.74 Å². The van der Waals surface area contributed by atoms with Crippen molar-refractivity contribution < 1.29 is 9.53 Å². The van der Waals surface area contributed by atoms with Crippen molar-refractivity contribution in [1.29, 1.82) is 0 Å². The van der Waals surface area contributed by atoms with Crippen LogP contribution in [0.4, 0.5) is 5.82 Å². The average molecular weight is 365 g/mol. The summed E-state index contributed by atoms with van der Waals surface area (Å²) in [6.45, 7) is 5.48. The van der Waals surface area contributed by atoms with Crippen molar-refractivity contribution in [2.24, 2.45) is 0 Å². The van der Waals surface area contributed by atoms with Crippen LogP contribution in [0.5, 0.6) is 0 Å². The Kier molecular flexibility index (Phi) is 5.02. The van der Waals surface area contributed by atoms with E-state index in [1.54, 1.807) is 12.5 Å². The SMILES string of the molecule is CC(C(=O)NCc1ccnc(N2CCOCC2)c1)n1cnc2ccccc21. The number of anilines is 1. The fourth-order valence-electron chi connectivity index (χ4n) is 3.29. The number of benzene rings is 1. The highest BCUT2D eigenvalue weighted by Crippen LogP contribution is 2.18. The number of carbonyl (C=O) groups excluding carboxylic acids is 1. The summed E-state index contributed by atoms with van der Waals surface area (Å²) in [7, 11) is 0. The van der Waals surface area contributed by atoms with Gasteiger partial charge in [0, 0.05) is 25.8 Å². The van der Waals surface area contributed by atoms with E-state index in [2.05, 4.69) is 20.2 Å². The third-order valence-corrected chi connectivity index (χ3v) is 4.89. The number of hydrogen-bond donors (Lipinski definition) is 1. The van der Waals surface area contributed by atoms with Crippen LogP contribution in [0, 0.1) is 0 Å². The standard InChI is InChI=1S/C20H23N5O2/c1-15(25-14-23-17-4-2-3-5-18(17)25)20(26)22-13-16-6-7-21-19(12-16)24-8-10-27-11-9-24/h2-7,12,14-15H,8-11,13H2,1H3,(H,22,26). The number of nitrogens with one attached hydrogen (secondary N) is 1.